The van der Waals surface area contributed by atoms with Gasteiger partial charge in [-0.15, -0.1) is 0 Å². The van der Waals surface area contributed by atoms with Crippen LogP contribution in [0, 0.1) is 5.92 Å². The molecular weight excluding hydrogens is 294 g/mol. The van der Waals surface area contributed by atoms with Crippen LogP contribution >= 0.6 is 0 Å². The molecule has 0 amide bonds. The topological polar surface area (TPSA) is 41.3 Å². The smallest absolute Gasteiger partial charge is 0.0385 e. The SMILES string of the molecule is CCCC1CCN(c2ccc(Nc3ccc(CN)cc3)cc2)CC1. The van der Waals surface area contributed by atoms with E-state index >= 15 is 0 Å². The van der Waals surface area contributed by atoms with Crippen LogP contribution in [0.1, 0.15) is 38.2 Å². The van der Waals surface area contributed by atoms with Gasteiger partial charge < -0.3 is 16.0 Å². The Kier molecular flexibility index (Phi) is 5.76. The Bertz CT molecular complexity index is 611. The molecule has 0 bridgehead atoms. The Labute approximate surface area is 145 Å². The summed E-state index contributed by atoms with van der Waals surface area (Å²) < 4.78 is 0. The number of nitrogens with two attached hydrogens (primary N) is 1. The number of anilines is 3. The van der Waals surface area contributed by atoms with Crippen LogP contribution in [0.5, 0.6) is 0 Å². The van der Waals surface area contributed by atoms with E-state index in [2.05, 4.69) is 65.7 Å². The highest BCUT2D eigenvalue weighted by atomic mass is 15.1. The van der Waals surface area contributed by atoms with Crippen molar-refractivity contribution in [3.05, 3.63) is 54.1 Å². The van der Waals surface area contributed by atoms with Crippen molar-refractivity contribution < 1.29 is 0 Å². The molecule has 3 nitrogen and oxygen atoms in total. The lowest BCUT2D eigenvalue weighted by atomic mass is 9.92. The van der Waals surface area contributed by atoms with Gasteiger partial charge in [0.05, 0.1) is 0 Å². The second-order valence-corrected chi connectivity index (χ2v) is 6.79. The van der Waals surface area contributed by atoms with Crippen molar-refractivity contribution in [1.82, 2.24) is 0 Å². The molecule has 0 radical (unpaired) electrons. The summed E-state index contributed by atoms with van der Waals surface area (Å²) in [6.45, 7) is 5.27. The minimum Gasteiger partial charge on any atom is -0.372 e. The van der Waals surface area contributed by atoms with Gasteiger partial charge in [-0.25, -0.2) is 0 Å². The number of hydrogen-bond acceptors (Lipinski definition) is 3. The van der Waals surface area contributed by atoms with Crippen molar-refractivity contribution in [3.63, 3.8) is 0 Å². The first-order valence-electron chi connectivity index (χ1n) is 9.19. The summed E-state index contributed by atoms with van der Waals surface area (Å²) in [5.74, 6) is 0.934. The summed E-state index contributed by atoms with van der Waals surface area (Å²) in [6.07, 6.45) is 5.37. The zero-order valence-electron chi connectivity index (χ0n) is 14.7. The van der Waals surface area contributed by atoms with E-state index in [4.69, 9.17) is 5.73 Å². The summed E-state index contributed by atoms with van der Waals surface area (Å²) in [6, 6.07) is 17.1. The highest BCUT2D eigenvalue weighted by Gasteiger charge is 2.18. The first-order chi connectivity index (χ1) is 11.8. The summed E-state index contributed by atoms with van der Waals surface area (Å²) in [5.41, 5.74) is 10.4. The van der Waals surface area contributed by atoms with Crippen LogP contribution in [0.15, 0.2) is 48.5 Å². The van der Waals surface area contributed by atoms with Crippen molar-refractivity contribution in [2.24, 2.45) is 11.7 Å². The fourth-order valence-electron chi connectivity index (χ4n) is 3.53. The number of benzene rings is 2. The largest absolute Gasteiger partial charge is 0.372 e. The monoisotopic (exact) mass is 323 g/mol. The molecule has 3 N–H and O–H groups in total. The lowest BCUT2D eigenvalue weighted by Gasteiger charge is -2.33. The van der Waals surface area contributed by atoms with Gasteiger partial charge in [0.1, 0.15) is 0 Å². The zero-order valence-corrected chi connectivity index (χ0v) is 14.7. The van der Waals surface area contributed by atoms with E-state index in [1.165, 1.54) is 44.5 Å². The maximum atomic E-state index is 5.64. The summed E-state index contributed by atoms with van der Waals surface area (Å²) >= 11 is 0. The van der Waals surface area contributed by atoms with Crippen LogP contribution in [-0.4, -0.2) is 13.1 Å². The van der Waals surface area contributed by atoms with Gasteiger partial charge in [-0.05, 0) is 60.7 Å². The number of hydrogen-bond donors (Lipinski definition) is 2. The van der Waals surface area contributed by atoms with Gasteiger partial charge in [0.2, 0.25) is 0 Å². The average Bonchev–Trinajstić information content (AvgIpc) is 2.64. The van der Waals surface area contributed by atoms with Gasteiger partial charge in [-0.2, -0.15) is 0 Å². The molecule has 0 aliphatic carbocycles. The molecule has 2 aromatic carbocycles. The van der Waals surface area contributed by atoms with Gasteiger partial charge in [0, 0.05) is 36.7 Å². The molecular formula is C21H29N3. The normalized spacial score (nSPS) is 15.5. The van der Waals surface area contributed by atoms with Crippen LogP contribution in [0.4, 0.5) is 17.1 Å². The molecule has 24 heavy (non-hydrogen) atoms. The van der Waals surface area contributed by atoms with E-state index in [0.717, 1.165) is 22.9 Å². The standard InChI is InChI=1S/C21H29N3/c1-2-3-17-12-14-24(15-13-17)21-10-8-20(9-11-21)23-19-6-4-18(16-22)5-7-19/h4-11,17,23H,2-3,12-16,22H2,1H3. The van der Waals surface area contributed by atoms with E-state index in [0.29, 0.717) is 6.54 Å². The van der Waals surface area contributed by atoms with Crippen LogP contribution < -0.4 is 16.0 Å². The molecule has 0 unspecified atom stereocenters. The fraction of sp³-hybridized carbons (Fsp3) is 0.429. The quantitative estimate of drug-likeness (QED) is 0.794. The maximum Gasteiger partial charge on any atom is 0.0385 e. The second-order valence-electron chi connectivity index (χ2n) is 6.79. The third-order valence-corrected chi connectivity index (χ3v) is 5.02. The van der Waals surface area contributed by atoms with Crippen molar-refractivity contribution in [1.29, 1.82) is 0 Å². The minimum absolute atomic E-state index is 0.587. The van der Waals surface area contributed by atoms with Crippen molar-refractivity contribution in [3.8, 4) is 0 Å². The molecule has 1 saturated heterocycles. The summed E-state index contributed by atoms with van der Waals surface area (Å²) in [5, 5.41) is 3.45. The van der Waals surface area contributed by atoms with Gasteiger partial charge >= 0.3 is 0 Å². The lowest BCUT2D eigenvalue weighted by Crippen LogP contribution is -2.33. The van der Waals surface area contributed by atoms with Gasteiger partial charge in [-0.1, -0.05) is 31.9 Å². The molecule has 0 aromatic heterocycles. The zero-order chi connectivity index (χ0) is 16.8. The maximum absolute atomic E-state index is 5.64. The minimum atomic E-state index is 0.587. The molecule has 3 heteroatoms. The predicted molar refractivity (Wildman–Crippen MR) is 104 cm³/mol. The Morgan fingerprint density at radius 1 is 0.958 bits per heavy atom. The molecule has 128 valence electrons. The third-order valence-electron chi connectivity index (χ3n) is 5.02. The third kappa shape index (κ3) is 4.30. The van der Waals surface area contributed by atoms with E-state index in [1.54, 1.807) is 0 Å². The van der Waals surface area contributed by atoms with Crippen molar-refractivity contribution >= 4 is 17.1 Å². The van der Waals surface area contributed by atoms with Crippen molar-refractivity contribution in [2.45, 2.75) is 39.2 Å². The first kappa shape index (κ1) is 16.8. The average molecular weight is 323 g/mol. The van der Waals surface area contributed by atoms with Crippen LogP contribution in [-0.2, 0) is 6.54 Å². The highest BCUT2D eigenvalue weighted by molar-refractivity contribution is 5.63. The van der Waals surface area contributed by atoms with E-state index in [-0.39, 0.29) is 0 Å². The first-order valence-corrected chi connectivity index (χ1v) is 9.19. The van der Waals surface area contributed by atoms with Crippen LogP contribution in [0.2, 0.25) is 0 Å². The van der Waals surface area contributed by atoms with Gasteiger partial charge in [-0.3, -0.25) is 0 Å². The van der Waals surface area contributed by atoms with Crippen molar-refractivity contribution in [2.75, 3.05) is 23.3 Å². The summed E-state index contributed by atoms with van der Waals surface area (Å²) in [4.78, 5) is 2.52. The van der Waals surface area contributed by atoms with Crippen LogP contribution in [0.3, 0.4) is 0 Å². The molecule has 0 atom stereocenters. The fourth-order valence-corrected chi connectivity index (χ4v) is 3.53. The molecule has 0 saturated carbocycles. The molecule has 1 aliphatic rings. The summed E-state index contributed by atoms with van der Waals surface area (Å²) in [7, 11) is 0. The number of nitrogens with one attached hydrogen (secondary N) is 1. The van der Waals surface area contributed by atoms with Crippen LogP contribution in [0.25, 0.3) is 0 Å². The molecule has 2 aromatic rings. The Morgan fingerprint density at radius 3 is 2.08 bits per heavy atom. The van der Waals surface area contributed by atoms with E-state index in [1.807, 2.05) is 0 Å². The molecule has 1 fully saturated rings. The predicted octanol–water partition coefficient (Wildman–Crippen LogP) is 4.91. The number of nitrogens with zero attached hydrogens (tertiary/aromatic N) is 1. The molecule has 1 aliphatic heterocycles. The Balaban J connectivity index is 1.57. The Morgan fingerprint density at radius 2 is 1.54 bits per heavy atom. The molecule has 1 heterocycles. The lowest BCUT2D eigenvalue weighted by molar-refractivity contribution is 0.378. The second kappa shape index (κ2) is 8.20. The molecule has 3 rings (SSSR count). The Hall–Kier alpha value is -2.00. The van der Waals surface area contributed by atoms with E-state index in [9.17, 15) is 0 Å². The highest BCUT2D eigenvalue weighted by Crippen LogP contribution is 2.27. The van der Waals surface area contributed by atoms with Gasteiger partial charge in [0.15, 0.2) is 0 Å². The number of piperidine rings is 1. The van der Waals surface area contributed by atoms with Gasteiger partial charge in [0.25, 0.3) is 0 Å². The molecule has 0 spiro atoms. The number of rotatable bonds is 6. The van der Waals surface area contributed by atoms with E-state index < -0.39 is 0 Å².